The molecule has 0 amide bonds. The summed E-state index contributed by atoms with van der Waals surface area (Å²) < 4.78 is 2.66. The molecule has 0 aromatic rings. The van der Waals surface area contributed by atoms with Crippen LogP contribution in [0.5, 0.6) is 0 Å². The zero-order chi connectivity index (χ0) is 5.11. The Morgan fingerprint density at radius 3 is 2.14 bits per heavy atom. The van der Waals surface area contributed by atoms with Crippen LogP contribution in [-0.4, -0.2) is 37.6 Å². The third-order valence-electron chi connectivity index (χ3n) is 1.42. The Hall–Kier alpha value is 0.759. The molecule has 1 rings (SSSR count). The van der Waals surface area contributed by atoms with Crippen LogP contribution in [0.15, 0.2) is 0 Å². The van der Waals surface area contributed by atoms with Crippen molar-refractivity contribution in [3.8, 4) is 0 Å². The second-order valence-electron chi connectivity index (χ2n) is 1.92. The van der Waals surface area contributed by atoms with Crippen LogP contribution in [-0.2, 0) is 0 Å². The minimum atomic E-state index is -0.00611. The van der Waals surface area contributed by atoms with Gasteiger partial charge in [0.2, 0.25) is 0 Å². The van der Waals surface area contributed by atoms with Gasteiger partial charge in [0.15, 0.2) is 0 Å². The molecule has 1 heterocycles. The molecule has 40 valence electrons. The maximum absolute atomic E-state index is 2.66. The predicted molar refractivity (Wildman–Crippen MR) is 32.4 cm³/mol. The fourth-order valence-corrected chi connectivity index (χ4v) is 3.12. The van der Waals surface area contributed by atoms with Crippen molar-refractivity contribution in [2.75, 3.05) is 13.1 Å². The molecule has 0 unspecified atom stereocenters. The van der Waals surface area contributed by atoms with Gasteiger partial charge in [-0.05, 0) is 0 Å². The first-order valence-electron chi connectivity index (χ1n) is 2.86. The number of hydrogen-bond donors (Lipinski definition) is 0. The molecule has 0 bridgehead atoms. The first-order chi connectivity index (χ1) is 3.43. The van der Waals surface area contributed by atoms with Gasteiger partial charge in [-0.25, -0.2) is 0 Å². The summed E-state index contributed by atoms with van der Waals surface area (Å²) in [6.07, 6.45) is 2.93. The third kappa shape index (κ3) is 1.61. The normalized spacial score (nSPS) is 23.6. The van der Waals surface area contributed by atoms with Crippen molar-refractivity contribution in [1.82, 2.24) is 3.12 Å². The minimum absolute atomic E-state index is 0.00611. The summed E-state index contributed by atoms with van der Waals surface area (Å²) in [4.78, 5) is 2.40. The summed E-state index contributed by atoms with van der Waals surface area (Å²) in [7, 11) is 0. The third-order valence-corrected chi connectivity index (χ3v) is 4.50. The molecule has 0 aromatic heterocycles. The van der Waals surface area contributed by atoms with Gasteiger partial charge in [-0.15, -0.1) is 0 Å². The summed E-state index contributed by atoms with van der Waals surface area (Å²) in [5, 5.41) is 0. The van der Waals surface area contributed by atoms with Crippen molar-refractivity contribution in [2.45, 2.75) is 17.8 Å². The zero-order valence-electron chi connectivity index (χ0n) is 4.78. The summed E-state index contributed by atoms with van der Waals surface area (Å²) in [5.74, 6) is 0. The summed E-state index contributed by atoms with van der Waals surface area (Å²) in [6, 6.07) is 0. The van der Waals surface area contributed by atoms with Crippen molar-refractivity contribution in [3.05, 3.63) is 0 Å². The van der Waals surface area contributed by atoms with Gasteiger partial charge in [0.05, 0.1) is 0 Å². The molecule has 2 heteroatoms. The van der Waals surface area contributed by atoms with E-state index in [0.717, 1.165) is 0 Å². The van der Waals surface area contributed by atoms with Gasteiger partial charge >= 0.3 is 55.4 Å². The standard InChI is InChI=1S/C4H8N.CH3.Sn/c1-2-4-5-3-1;;/h1-4H2;1H3;/q-1;;+1. The van der Waals surface area contributed by atoms with Gasteiger partial charge in [0.1, 0.15) is 0 Å². The Bertz CT molecular complexity index is 50.0. The van der Waals surface area contributed by atoms with E-state index >= 15 is 0 Å². The topological polar surface area (TPSA) is 3.24 Å². The Labute approximate surface area is 55.7 Å². The van der Waals surface area contributed by atoms with Gasteiger partial charge in [0.25, 0.3) is 0 Å². The molecule has 0 N–H and O–H groups in total. The van der Waals surface area contributed by atoms with Crippen LogP contribution in [0, 0.1) is 0 Å². The van der Waals surface area contributed by atoms with Crippen LogP contribution in [0.3, 0.4) is 0 Å². The molecule has 0 saturated carbocycles. The molecule has 2 radical (unpaired) electrons. The van der Waals surface area contributed by atoms with E-state index in [1.54, 1.807) is 0 Å². The van der Waals surface area contributed by atoms with Crippen LogP contribution in [0.4, 0.5) is 0 Å². The first kappa shape index (κ1) is 5.89. The van der Waals surface area contributed by atoms with Crippen molar-refractivity contribution >= 4 is 21.4 Å². The van der Waals surface area contributed by atoms with Gasteiger partial charge in [-0.1, -0.05) is 0 Å². The molecule has 1 saturated heterocycles. The Morgan fingerprint density at radius 2 is 1.86 bits per heavy atom. The van der Waals surface area contributed by atoms with Crippen LogP contribution < -0.4 is 0 Å². The molecule has 0 aromatic carbocycles. The van der Waals surface area contributed by atoms with Crippen molar-refractivity contribution in [1.29, 1.82) is 0 Å². The van der Waals surface area contributed by atoms with Crippen LogP contribution in [0.1, 0.15) is 12.8 Å². The average Bonchev–Trinajstić information content (AvgIpc) is 2.14. The molecule has 0 spiro atoms. The van der Waals surface area contributed by atoms with Gasteiger partial charge in [-0.3, -0.25) is 0 Å². The van der Waals surface area contributed by atoms with Crippen molar-refractivity contribution in [2.24, 2.45) is 0 Å². The molecule has 7 heavy (non-hydrogen) atoms. The molecular weight excluding hydrogens is 193 g/mol. The van der Waals surface area contributed by atoms with Crippen LogP contribution in [0.25, 0.3) is 0 Å². The molecule has 1 aliphatic rings. The van der Waals surface area contributed by atoms with E-state index < -0.39 is 0 Å². The number of hydrogen-bond acceptors (Lipinski definition) is 1. The molecular formula is C5H11NSn. The van der Waals surface area contributed by atoms with Crippen molar-refractivity contribution < 1.29 is 0 Å². The zero-order valence-corrected chi connectivity index (χ0v) is 7.63. The van der Waals surface area contributed by atoms with E-state index in [1.807, 2.05) is 0 Å². The fraction of sp³-hybridized carbons (Fsp3) is 1.00. The van der Waals surface area contributed by atoms with E-state index in [4.69, 9.17) is 0 Å². The quantitative estimate of drug-likeness (QED) is 0.569. The first-order valence-corrected chi connectivity index (χ1v) is 6.99. The monoisotopic (exact) mass is 205 g/mol. The van der Waals surface area contributed by atoms with Gasteiger partial charge in [-0.2, -0.15) is 0 Å². The van der Waals surface area contributed by atoms with E-state index in [-0.39, 0.29) is 21.4 Å². The summed E-state index contributed by atoms with van der Waals surface area (Å²) in [5.41, 5.74) is 0. The Balaban J connectivity index is 2.14. The van der Waals surface area contributed by atoms with E-state index in [9.17, 15) is 0 Å². The Kier molecular flexibility index (Phi) is 2.46. The molecule has 0 aliphatic carbocycles. The molecule has 0 atom stereocenters. The van der Waals surface area contributed by atoms with Crippen LogP contribution >= 0.6 is 0 Å². The number of rotatable bonds is 1. The SMILES string of the molecule is [CH3][Sn][N]1CCCC1. The Morgan fingerprint density at radius 1 is 1.29 bits per heavy atom. The summed E-state index contributed by atoms with van der Waals surface area (Å²) in [6.45, 7) is 2.84. The molecule has 1 nitrogen and oxygen atoms in total. The van der Waals surface area contributed by atoms with Gasteiger partial charge < -0.3 is 0 Å². The molecule has 1 aliphatic heterocycles. The average molecular weight is 204 g/mol. The van der Waals surface area contributed by atoms with E-state index in [1.165, 1.54) is 25.9 Å². The van der Waals surface area contributed by atoms with E-state index in [0.29, 0.717) is 0 Å². The second kappa shape index (κ2) is 2.92. The van der Waals surface area contributed by atoms with E-state index in [2.05, 4.69) is 8.06 Å². The maximum atomic E-state index is 2.66. The van der Waals surface area contributed by atoms with Crippen molar-refractivity contribution in [3.63, 3.8) is 0 Å². The van der Waals surface area contributed by atoms with Gasteiger partial charge in [0, 0.05) is 0 Å². The number of nitrogens with zero attached hydrogens (tertiary/aromatic N) is 1. The second-order valence-corrected chi connectivity index (χ2v) is 5.00. The molecule has 1 fully saturated rings. The van der Waals surface area contributed by atoms with Crippen LogP contribution in [0.2, 0.25) is 4.94 Å². The predicted octanol–water partition coefficient (Wildman–Crippen LogP) is 0.749. The summed E-state index contributed by atoms with van der Waals surface area (Å²) >= 11 is -0.00611. The fourth-order valence-electron chi connectivity index (χ4n) is 0.941.